The molecule has 5 nitrogen and oxygen atoms in total. The molecule has 0 unspecified atom stereocenters. The number of benzene rings is 2. The Morgan fingerprint density at radius 2 is 1.91 bits per heavy atom. The van der Waals surface area contributed by atoms with Crippen LogP contribution in [0.4, 0.5) is 11.4 Å². The molecule has 0 aliphatic carbocycles. The molecular weight excluding hydrogens is 292 g/mol. The van der Waals surface area contributed by atoms with Gasteiger partial charge in [0.15, 0.2) is 0 Å². The second kappa shape index (κ2) is 5.61. The number of pyridine rings is 1. The third kappa shape index (κ3) is 2.81. The number of aromatic carboxylic acids is 1. The monoisotopic (exact) mass is 307 g/mol. The first-order valence-electron chi connectivity index (χ1n) is 7.14. The molecule has 0 spiro atoms. The SMILES string of the molecule is Cc1ccc([O-])c(Nc2cc(C)nc3c(C(=O)O)cccc23)c1. The molecule has 0 bridgehead atoms. The van der Waals surface area contributed by atoms with Crippen molar-refractivity contribution in [1.29, 1.82) is 0 Å². The molecule has 0 saturated carbocycles. The number of hydrogen-bond acceptors (Lipinski definition) is 4. The summed E-state index contributed by atoms with van der Waals surface area (Å²) in [6.45, 7) is 3.70. The van der Waals surface area contributed by atoms with Gasteiger partial charge in [0, 0.05) is 22.5 Å². The average Bonchev–Trinajstić information content (AvgIpc) is 2.50. The van der Waals surface area contributed by atoms with Crippen molar-refractivity contribution in [2.75, 3.05) is 5.32 Å². The number of nitrogens with one attached hydrogen (secondary N) is 1. The molecule has 0 aliphatic rings. The lowest BCUT2D eigenvalue weighted by Gasteiger charge is -2.18. The highest BCUT2D eigenvalue weighted by molar-refractivity contribution is 6.06. The van der Waals surface area contributed by atoms with Gasteiger partial charge in [0.05, 0.1) is 11.1 Å². The van der Waals surface area contributed by atoms with Crippen LogP contribution in [0.3, 0.4) is 0 Å². The maximum Gasteiger partial charge on any atom is 0.337 e. The fraction of sp³-hybridized carbons (Fsp3) is 0.111. The van der Waals surface area contributed by atoms with Gasteiger partial charge in [-0.05, 0) is 37.6 Å². The summed E-state index contributed by atoms with van der Waals surface area (Å²) in [5, 5.41) is 25.1. The minimum Gasteiger partial charge on any atom is -0.871 e. The molecule has 0 saturated heterocycles. The molecule has 0 atom stereocenters. The van der Waals surface area contributed by atoms with Crippen molar-refractivity contribution in [3.8, 4) is 5.75 Å². The number of anilines is 2. The molecule has 3 rings (SSSR count). The summed E-state index contributed by atoms with van der Waals surface area (Å²) in [5.74, 6) is -1.15. The van der Waals surface area contributed by atoms with Crippen LogP contribution in [-0.2, 0) is 0 Å². The van der Waals surface area contributed by atoms with E-state index in [4.69, 9.17) is 0 Å². The number of aryl methyl sites for hydroxylation is 2. The van der Waals surface area contributed by atoms with Crippen molar-refractivity contribution >= 4 is 28.2 Å². The number of carbonyl (C=O) groups is 1. The molecule has 1 aromatic heterocycles. The molecule has 23 heavy (non-hydrogen) atoms. The predicted molar refractivity (Wildman–Crippen MR) is 87.3 cm³/mol. The van der Waals surface area contributed by atoms with E-state index in [1.165, 1.54) is 12.1 Å². The fourth-order valence-electron chi connectivity index (χ4n) is 2.54. The molecular formula is C18H15N2O3-. The Morgan fingerprint density at radius 1 is 1.13 bits per heavy atom. The maximum atomic E-state index is 12.0. The van der Waals surface area contributed by atoms with Crippen LogP contribution in [0.1, 0.15) is 21.6 Å². The van der Waals surface area contributed by atoms with E-state index in [0.29, 0.717) is 28.0 Å². The van der Waals surface area contributed by atoms with Crippen molar-refractivity contribution in [2.24, 2.45) is 0 Å². The van der Waals surface area contributed by atoms with Crippen LogP contribution in [-0.4, -0.2) is 16.1 Å². The first-order valence-corrected chi connectivity index (χ1v) is 7.14. The number of aromatic nitrogens is 1. The van der Waals surface area contributed by atoms with E-state index in [1.54, 1.807) is 37.3 Å². The third-order valence-corrected chi connectivity index (χ3v) is 3.60. The summed E-state index contributed by atoms with van der Waals surface area (Å²) < 4.78 is 0. The molecule has 0 amide bonds. The minimum atomic E-state index is -1.03. The largest absolute Gasteiger partial charge is 0.871 e. The highest BCUT2D eigenvalue weighted by atomic mass is 16.4. The van der Waals surface area contributed by atoms with Gasteiger partial charge in [-0.3, -0.25) is 4.98 Å². The van der Waals surface area contributed by atoms with Crippen molar-refractivity contribution in [1.82, 2.24) is 4.98 Å². The van der Waals surface area contributed by atoms with Crippen molar-refractivity contribution in [2.45, 2.75) is 13.8 Å². The molecule has 1 heterocycles. The average molecular weight is 307 g/mol. The number of carboxylic acids is 1. The van der Waals surface area contributed by atoms with Gasteiger partial charge in [-0.2, -0.15) is 0 Å². The van der Waals surface area contributed by atoms with E-state index in [0.717, 1.165) is 5.56 Å². The van der Waals surface area contributed by atoms with Crippen LogP contribution < -0.4 is 10.4 Å². The van der Waals surface area contributed by atoms with Gasteiger partial charge < -0.3 is 15.5 Å². The number of carboxylic acid groups (broad SMARTS) is 1. The number of hydrogen-bond donors (Lipinski definition) is 2. The summed E-state index contributed by atoms with van der Waals surface area (Å²) in [6, 6.07) is 11.8. The summed E-state index contributed by atoms with van der Waals surface area (Å²) in [5.41, 5.74) is 3.31. The standard InChI is InChI=1S/C18H16N2O3/c1-10-6-7-16(21)15(8-10)20-14-9-11(2)19-17-12(14)4-3-5-13(17)18(22)23/h3-9,21H,1-2H3,(H,19,20)(H,22,23)/p-1. The molecule has 0 aliphatic heterocycles. The predicted octanol–water partition coefficient (Wildman–Crippen LogP) is 3.37. The Hall–Kier alpha value is -3.08. The zero-order valence-corrected chi connectivity index (χ0v) is 12.8. The van der Waals surface area contributed by atoms with Crippen LogP contribution in [0, 0.1) is 13.8 Å². The van der Waals surface area contributed by atoms with Crippen molar-refractivity contribution in [3.05, 3.63) is 59.3 Å². The second-order valence-electron chi connectivity index (χ2n) is 5.44. The normalized spacial score (nSPS) is 10.7. The van der Waals surface area contributed by atoms with E-state index in [9.17, 15) is 15.0 Å². The number of nitrogens with zero attached hydrogens (tertiary/aromatic N) is 1. The Morgan fingerprint density at radius 3 is 2.65 bits per heavy atom. The van der Waals surface area contributed by atoms with Gasteiger partial charge >= 0.3 is 5.97 Å². The lowest BCUT2D eigenvalue weighted by molar-refractivity contribution is -0.267. The van der Waals surface area contributed by atoms with Gasteiger partial charge in [-0.25, -0.2) is 4.79 Å². The van der Waals surface area contributed by atoms with Crippen LogP contribution in [0.25, 0.3) is 10.9 Å². The van der Waals surface area contributed by atoms with E-state index >= 15 is 0 Å². The quantitative estimate of drug-likeness (QED) is 0.775. The minimum absolute atomic E-state index is 0.118. The first-order chi connectivity index (χ1) is 11.0. The van der Waals surface area contributed by atoms with Crippen LogP contribution in [0.2, 0.25) is 0 Å². The molecule has 2 N–H and O–H groups in total. The zero-order valence-electron chi connectivity index (χ0n) is 12.8. The Kier molecular flexibility index (Phi) is 3.62. The molecule has 2 aromatic carbocycles. The van der Waals surface area contributed by atoms with Gasteiger partial charge in [-0.1, -0.05) is 30.0 Å². The zero-order chi connectivity index (χ0) is 16.6. The van der Waals surface area contributed by atoms with Gasteiger partial charge in [0.2, 0.25) is 0 Å². The highest BCUT2D eigenvalue weighted by Crippen LogP contribution is 2.31. The number of para-hydroxylation sites is 1. The topological polar surface area (TPSA) is 85.3 Å². The molecule has 116 valence electrons. The lowest BCUT2D eigenvalue weighted by Crippen LogP contribution is -2.03. The van der Waals surface area contributed by atoms with Gasteiger partial charge in [-0.15, -0.1) is 0 Å². The van der Waals surface area contributed by atoms with Gasteiger partial charge in [0.1, 0.15) is 0 Å². The van der Waals surface area contributed by atoms with Gasteiger partial charge in [0.25, 0.3) is 0 Å². The smallest absolute Gasteiger partial charge is 0.337 e. The number of fused-ring (bicyclic) bond motifs is 1. The molecule has 0 radical (unpaired) electrons. The van der Waals surface area contributed by atoms with E-state index in [-0.39, 0.29) is 11.3 Å². The van der Waals surface area contributed by atoms with Crippen LogP contribution in [0.5, 0.6) is 5.75 Å². The van der Waals surface area contributed by atoms with E-state index < -0.39 is 5.97 Å². The van der Waals surface area contributed by atoms with Crippen molar-refractivity contribution in [3.63, 3.8) is 0 Å². The Balaban J connectivity index is 2.20. The molecule has 5 heteroatoms. The highest BCUT2D eigenvalue weighted by Gasteiger charge is 2.13. The maximum absolute atomic E-state index is 12.0. The Labute approximate surface area is 133 Å². The second-order valence-corrected chi connectivity index (χ2v) is 5.44. The lowest BCUT2D eigenvalue weighted by atomic mass is 10.1. The summed E-state index contributed by atoms with van der Waals surface area (Å²) in [7, 11) is 0. The molecule has 0 fully saturated rings. The molecule has 3 aromatic rings. The van der Waals surface area contributed by atoms with Crippen molar-refractivity contribution < 1.29 is 15.0 Å². The fourth-order valence-corrected chi connectivity index (χ4v) is 2.54. The summed E-state index contributed by atoms with van der Waals surface area (Å²) in [6.07, 6.45) is 0. The Bertz CT molecular complexity index is 920. The number of rotatable bonds is 3. The van der Waals surface area contributed by atoms with Crippen LogP contribution >= 0.6 is 0 Å². The van der Waals surface area contributed by atoms with E-state index in [1.807, 2.05) is 6.92 Å². The first kappa shape index (κ1) is 14.8. The van der Waals surface area contributed by atoms with E-state index in [2.05, 4.69) is 10.3 Å². The summed E-state index contributed by atoms with van der Waals surface area (Å²) in [4.78, 5) is 15.7. The third-order valence-electron chi connectivity index (χ3n) is 3.60. The summed E-state index contributed by atoms with van der Waals surface area (Å²) >= 11 is 0. The van der Waals surface area contributed by atoms with Crippen LogP contribution in [0.15, 0.2) is 42.5 Å².